The molecule has 0 heterocycles. The largest absolute Gasteiger partial charge is 0.480 e. The number of hydrogen-bond acceptors (Lipinski definition) is 3. The average molecular weight is 187 g/mol. The first kappa shape index (κ1) is 11.6. The van der Waals surface area contributed by atoms with E-state index in [1.807, 2.05) is 0 Å². The molecular weight excluding hydrogens is 174 g/mol. The maximum atomic E-state index is 10.3. The van der Waals surface area contributed by atoms with Gasteiger partial charge in [0, 0.05) is 6.54 Å². The number of carboxylic acid groups (broad SMARTS) is 2. The van der Waals surface area contributed by atoms with Crippen molar-refractivity contribution in [1.29, 1.82) is 0 Å². The summed E-state index contributed by atoms with van der Waals surface area (Å²) in [5.74, 6) is -2.04. The summed E-state index contributed by atoms with van der Waals surface area (Å²) in [6, 6.07) is 0. The van der Waals surface area contributed by atoms with E-state index in [0.717, 1.165) is 0 Å². The molecule has 0 radical (unpaired) electrons. The number of aliphatic carboxylic acids is 2. The van der Waals surface area contributed by atoms with Crippen LogP contribution in [0.3, 0.4) is 0 Å². The standard InChI is InChI=1S/C8H13NO4/c1-2-3-4-9(5-7(10)11)6-8(12)13/h2-3H,4-6H2,1H3,(H,10,11)(H,12,13). The van der Waals surface area contributed by atoms with Gasteiger partial charge < -0.3 is 10.2 Å². The quantitative estimate of drug-likeness (QED) is 0.574. The highest BCUT2D eigenvalue weighted by Crippen LogP contribution is 1.89. The van der Waals surface area contributed by atoms with Crippen LogP contribution in [0.1, 0.15) is 6.92 Å². The van der Waals surface area contributed by atoms with E-state index in [1.54, 1.807) is 19.1 Å². The lowest BCUT2D eigenvalue weighted by Gasteiger charge is -2.14. The monoisotopic (exact) mass is 187 g/mol. The summed E-state index contributed by atoms with van der Waals surface area (Å²) in [6.45, 7) is 1.63. The second-order valence-corrected chi connectivity index (χ2v) is 2.53. The zero-order chi connectivity index (χ0) is 10.3. The number of hydrogen-bond donors (Lipinski definition) is 2. The molecule has 0 rings (SSSR count). The highest BCUT2D eigenvalue weighted by Gasteiger charge is 2.10. The Labute approximate surface area is 76.3 Å². The van der Waals surface area contributed by atoms with Crippen molar-refractivity contribution in [3.63, 3.8) is 0 Å². The third-order valence-corrected chi connectivity index (χ3v) is 1.32. The van der Waals surface area contributed by atoms with Gasteiger partial charge in [-0.3, -0.25) is 14.5 Å². The van der Waals surface area contributed by atoms with Crippen LogP contribution in [0.5, 0.6) is 0 Å². The van der Waals surface area contributed by atoms with Gasteiger partial charge in [-0.05, 0) is 6.92 Å². The molecule has 0 aromatic carbocycles. The summed E-state index contributed by atoms with van der Waals surface area (Å²) in [4.78, 5) is 21.9. The van der Waals surface area contributed by atoms with E-state index >= 15 is 0 Å². The van der Waals surface area contributed by atoms with Gasteiger partial charge in [0.05, 0.1) is 13.1 Å². The molecule has 0 unspecified atom stereocenters. The molecule has 0 fully saturated rings. The zero-order valence-corrected chi connectivity index (χ0v) is 7.43. The normalized spacial score (nSPS) is 10.9. The third kappa shape index (κ3) is 7.02. The maximum Gasteiger partial charge on any atom is 0.317 e. The lowest BCUT2D eigenvalue weighted by atomic mass is 10.4. The zero-order valence-electron chi connectivity index (χ0n) is 7.43. The molecule has 0 spiro atoms. The lowest BCUT2D eigenvalue weighted by molar-refractivity contribution is -0.141. The Balaban J connectivity index is 4.01. The van der Waals surface area contributed by atoms with E-state index < -0.39 is 11.9 Å². The number of carboxylic acids is 2. The number of allylic oxidation sites excluding steroid dienone is 1. The fraction of sp³-hybridized carbons (Fsp3) is 0.500. The average Bonchev–Trinajstić information content (AvgIpc) is 1.98. The minimum atomic E-state index is -1.02. The van der Waals surface area contributed by atoms with Crippen molar-refractivity contribution in [2.45, 2.75) is 6.92 Å². The van der Waals surface area contributed by atoms with E-state index in [-0.39, 0.29) is 13.1 Å². The van der Waals surface area contributed by atoms with Crippen LogP contribution in [0.2, 0.25) is 0 Å². The predicted octanol–water partition coefficient (Wildman–Crippen LogP) is 0.0337. The molecule has 0 aliphatic heterocycles. The van der Waals surface area contributed by atoms with Crippen molar-refractivity contribution in [2.24, 2.45) is 0 Å². The van der Waals surface area contributed by atoms with E-state index in [9.17, 15) is 9.59 Å². The smallest absolute Gasteiger partial charge is 0.317 e. The topological polar surface area (TPSA) is 77.8 Å². The second-order valence-electron chi connectivity index (χ2n) is 2.53. The van der Waals surface area contributed by atoms with Crippen LogP contribution in [0.15, 0.2) is 12.2 Å². The molecule has 0 saturated heterocycles. The van der Waals surface area contributed by atoms with Crippen LogP contribution in [0.25, 0.3) is 0 Å². The number of nitrogens with zero attached hydrogens (tertiary/aromatic N) is 1. The second kappa shape index (κ2) is 6.19. The summed E-state index contributed by atoms with van der Waals surface area (Å²) in [7, 11) is 0. The van der Waals surface area contributed by atoms with Crippen molar-refractivity contribution >= 4 is 11.9 Å². The molecule has 0 atom stereocenters. The molecule has 5 nitrogen and oxygen atoms in total. The predicted molar refractivity (Wildman–Crippen MR) is 46.5 cm³/mol. The molecule has 0 aromatic rings. The minimum absolute atomic E-state index is 0.253. The van der Waals surface area contributed by atoms with Gasteiger partial charge in [0.2, 0.25) is 0 Å². The van der Waals surface area contributed by atoms with Crippen molar-refractivity contribution < 1.29 is 19.8 Å². The molecule has 0 saturated carbocycles. The Bertz CT molecular complexity index is 196. The summed E-state index contributed by atoms with van der Waals surface area (Å²) < 4.78 is 0. The van der Waals surface area contributed by atoms with E-state index in [0.29, 0.717) is 6.54 Å². The SMILES string of the molecule is CC=CCN(CC(=O)O)CC(=O)O. The molecule has 0 aliphatic rings. The fourth-order valence-electron chi connectivity index (χ4n) is 0.822. The Hall–Kier alpha value is -1.36. The molecule has 0 aromatic heterocycles. The van der Waals surface area contributed by atoms with Gasteiger partial charge in [0.25, 0.3) is 0 Å². The molecule has 5 heteroatoms. The van der Waals surface area contributed by atoms with Crippen LogP contribution in [0, 0.1) is 0 Å². The highest BCUT2D eigenvalue weighted by atomic mass is 16.4. The van der Waals surface area contributed by atoms with Gasteiger partial charge in [0.15, 0.2) is 0 Å². The number of rotatable bonds is 6. The Morgan fingerprint density at radius 2 is 1.69 bits per heavy atom. The van der Waals surface area contributed by atoms with Gasteiger partial charge in [-0.1, -0.05) is 12.2 Å². The molecule has 13 heavy (non-hydrogen) atoms. The van der Waals surface area contributed by atoms with Crippen LogP contribution < -0.4 is 0 Å². The maximum absolute atomic E-state index is 10.3. The van der Waals surface area contributed by atoms with Gasteiger partial charge in [-0.2, -0.15) is 0 Å². The van der Waals surface area contributed by atoms with E-state index in [4.69, 9.17) is 10.2 Å². The highest BCUT2D eigenvalue weighted by molar-refractivity contribution is 5.72. The third-order valence-electron chi connectivity index (χ3n) is 1.32. The summed E-state index contributed by atoms with van der Waals surface area (Å²) in [5.41, 5.74) is 0. The Kier molecular flexibility index (Phi) is 5.54. The molecule has 74 valence electrons. The minimum Gasteiger partial charge on any atom is -0.480 e. The molecule has 0 amide bonds. The summed E-state index contributed by atoms with van der Waals surface area (Å²) >= 11 is 0. The van der Waals surface area contributed by atoms with E-state index in [1.165, 1.54) is 4.90 Å². The Morgan fingerprint density at radius 1 is 1.23 bits per heavy atom. The van der Waals surface area contributed by atoms with Gasteiger partial charge in [0.1, 0.15) is 0 Å². The fourth-order valence-corrected chi connectivity index (χ4v) is 0.822. The summed E-state index contributed by atoms with van der Waals surface area (Å²) in [5, 5.41) is 16.9. The van der Waals surface area contributed by atoms with Gasteiger partial charge in [-0.15, -0.1) is 0 Å². The van der Waals surface area contributed by atoms with Crippen LogP contribution in [-0.2, 0) is 9.59 Å². The summed E-state index contributed by atoms with van der Waals surface area (Å²) in [6.07, 6.45) is 3.46. The van der Waals surface area contributed by atoms with Crippen molar-refractivity contribution in [3.05, 3.63) is 12.2 Å². The molecule has 2 N–H and O–H groups in total. The van der Waals surface area contributed by atoms with Crippen LogP contribution >= 0.6 is 0 Å². The first-order valence-corrected chi connectivity index (χ1v) is 3.83. The molecule has 0 aliphatic carbocycles. The Morgan fingerprint density at radius 3 is 2.00 bits per heavy atom. The lowest BCUT2D eigenvalue weighted by Crippen LogP contribution is -2.34. The number of carbonyl (C=O) groups is 2. The van der Waals surface area contributed by atoms with Crippen molar-refractivity contribution in [2.75, 3.05) is 19.6 Å². The van der Waals surface area contributed by atoms with Gasteiger partial charge >= 0.3 is 11.9 Å². The van der Waals surface area contributed by atoms with Crippen molar-refractivity contribution in [3.8, 4) is 0 Å². The van der Waals surface area contributed by atoms with Crippen LogP contribution in [-0.4, -0.2) is 46.7 Å². The van der Waals surface area contributed by atoms with E-state index in [2.05, 4.69) is 0 Å². The first-order valence-electron chi connectivity index (χ1n) is 3.83. The molecule has 0 bridgehead atoms. The van der Waals surface area contributed by atoms with Crippen LogP contribution in [0.4, 0.5) is 0 Å². The van der Waals surface area contributed by atoms with Gasteiger partial charge in [-0.25, -0.2) is 0 Å². The molecular formula is C8H13NO4. The van der Waals surface area contributed by atoms with Crippen molar-refractivity contribution in [1.82, 2.24) is 4.90 Å². The first-order chi connectivity index (χ1) is 6.06.